The highest BCUT2D eigenvalue weighted by molar-refractivity contribution is 7.07. The third-order valence-electron chi connectivity index (χ3n) is 4.04. The Labute approximate surface area is 130 Å². The molecule has 0 bridgehead atoms. The first-order chi connectivity index (χ1) is 9.71. The minimum Gasteiger partial charge on any atom is -0.342 e. The SMILES string of the molecule is CC(Cc1ccsc1)N1C(=O)C(C(C)(C)C)NC(=O)C1C. The quantitative estimate of drug-likeness (QED) is 0.932. The average molecular weight is 308 g/mol. The zero-order valence-corrected chi connectivity index (χ0v) is 14.2. The molecule has 2 rings (SSSR count). The van der Waals surface area contributed by atoms with Crippen LogP contribution in [0.3, 0.4) is 0 Å². The van der Waals surface area contributed by atoms with Gasteiger partial charge in [-0.3, -0.25) is 9.59 Å². The van der Waals surface area contributed by atoms with Gasteiger partial charge in [-0.05, 0) is 48.1 Å². The summed E-state index contributed by atoms with van der Waals surface area (Å²) in [6, 6.07) is 1.22. The van der Waals surface area contributed by atoms with E-state index in [2.05, 4.69) is 16.8 Å². The van der Waals surface area contributed by atoms with Crippen molar-refractivity contribution in [1.82, 2.24) is 10.2 Å². The predicted molar refractivity (Wildman–Crippen MR) is 85.2 cm³/mol. The van der Waals surface area contributed by atoms with Gasteiger partial charge in [-0.1, -0.05) is 20.8 Å². The molecule has 21 heavy (non-hydrogen) atoms. The molecule has 1 fully saturated rings. The molecular formula is C16H24N2O2S. The number of nitrogens with one attached hydrogen (secondary N) is 1. The number of nitrogens with zero attached hydrogens (tertiary/aromatic N) is 1. The molecule has 0 aromatic carbocycles. The first-order valence-corrected chi connectivity index (χ1v) is 8.29. The van der Waals surface area contributed by atoms with E-state index in [1.54, 1.807) is 23.2 Å². The van der Waals surface area contributed by atoms with Crippen molar-refractivity contribution in [2.45, 2.75) is 59.2 Å². The Morgan fingerprint density at radius 3 is 2.57 bits per heavy atom. The summed E-state index contributed by atoms with van der Waals surface area (Å²) in [5.74, 6) is -0.0379. The van der Waals surface area contributed by atoms with E-state index in [0.717, 1.165) is 6.42 Å². The van der Waals surface area contributed by atoms with Crippen LogP contribution in [0.4, 0.5) is 0 Å². The van der Waals surface area contributed by atoms with Crippen molar-refractivity contribution < 1.29 is 9.59 Å². The van der Waals surface area contributed by atoms with E-state index in [4.69, 9.17) is 0 Å². The smallest absolute Gasteiger partial charge is 0.246 e. The Hall–Kier alpha value is -1.36. The molecule has 3 atom stereocenters. The Kier molecular flexibility index (Phi) is 4.42. The van der Waals surface area contributed by atoms with Crippen LogP contribution in [0.5, 0.6) is 0 Å². The normalized spacial score (nSPS) is 24.9. The largest absolute Gasteiger partial charge is 0.342 e. The van der Waals surface area contributed by atoms with Crippen molar-refractivity contribution in [3.63, 3.8) is 0 Å². The molecule has 2 amide bonds. The van der Waals surface area contributed by atoms with Crippen molar-refractivity contribution >= 4 is 23.2 Å². The van der Waals surface area contributed by atoms with Gasteiger partial charge < -0.3 is 10.2 Å². The summed E-state index contributed by atoms with van der Waals surface area (Å²) < 4.78 is 0. The number of hydrogen-bond acceptors (Lipinski definition) is 3. The van der Waals surface area contributed by atoms with Crippen LogP contribution in [0, 0.1) is 5.41 Å². The van der Waals surface area contributed by atoms with Crippen LogP contribution in [-0.2, 0) is 16.0 Å². The number of piperazine rings is 1. The number of carbonyl (C=O) groups is 2. The fourth-order valence-corrected chi connectivity index (χ4v) is 3.51. The van der Waals surface area contributed by atoms with Gasteiger partial charge in [0.2, 0.25) is 11.8 Å². The summed E-state index contributed by atoms with van der Waals surface area (Å²) in [7, 11) is 0. The zero-order valence-electron chi connectivity index (χ0n) is 13.3. The first-order valence-electron chi connectivity index (χ1n) is 7.35. The molecule has 3 unspecified atom stereocenters. The third-order valence-corrected chi connectivity index (χ3v) is 4.77. The maximum Gasteiger partial charge on any atom is 0.246 e. The molecule has 4 nitrogen and oxygen atoms in total. The number of carbonyl (C=O) groups excluding carboxylic acids is 2. The second-order valence-corrected chi connectivity index (χ2v) is 7.69. The van der Waals surface area contributed by atoms with Gasteiger partial charge in [-0.15, -0.1) is 0 Å². The van der Waals surface area contributed by atoms with Gasteiger partial charge in [0, 0.05) is 6.04 Å². The van der Waals surface area contributed by atoms with E-state index < -0.39 is 12.1 Å². The molecular weight excluding hydrogens is 284 g/mol. The van der Waals surface area contributed by atoms with Gasteiger partial charge in [0.05, 0.1) is 0 Å². The molecule has 1 aliphatic heterocycles. The van der Waals surface area contributed by atoms with Crippen molar-refractivity contribution in [2.24, 2.45) is 5.41 Å². The molecule has 0 radical (unpaired) electrons. The number of hydrogen-bond donors (Lipinski definition) is 1. The van der Waals surface area contributed by atoms with Gasteiger partial charge in [0.1, 0.15) is 12.1 Å². The van der Waals surface area contributed by atoms with Crippen LogP contribution in [0.15, 0.2) is 16.8 Å². The van der Waals surface area contributed by atoms with Crippen molar-refractivity contribution in [1.29, 1.82) is 0 Å². The predicted octanol–water partition coefficient (Wildman–Crippen LogP) is 2.44. The summed E-state index contributed by atoms with van der Waals surface area (Å²) >= 11 is 1.65. The first kappa shape index (κ1) is 16.0. The zero-order chi connectivity index (χ0) is 15.8. The summed E-state index contributed by atoms with van der Waals surface area (Å²) in [6.07, 6.45) is 0.781. The molecule has 1 aromatic rings. The maximum absolute atomic E-state index is 12.8. The molecule has 1 aliphatic rings. The Balaban J connectivity index is 2.22. The Morgan fingerprint density at radius 2 is 2.05 bits per heavy atom. The average Bonchev–Trinajstić information content (AvgIpc) is 2.85. The van der Waals surface area contributed by atoms with E-state index in [9.17, 15) is 9.59 Å². The van der Waals surface area contributed by atoms with Crippen molar-refractivity contribution in [2.75, 3.05) is 0 Å². The van der Waals surface area contributed by atoms with Gasteiger partial charge in [0.15, 0.2) is 0 Å². The molecule has 116 valence electrons. The van der Waals surface area contributed by atoms with Crippen LogP contribution in [-0.4, -0.2) is 34.8 Å². The van der Waals surface area contributed by atoms with Crippen LogP contribution < -0.4 is 5.32 Å². The number of rotatable bonds is 3. The monoisotopic (exact) mass is 308 g/mol. The number of thiophene rings is 1. The minimum absolute atomic E-state index is 0.0120. The fourth-order valence-electron chi connectivity index (χ4n) is 2.82. The second kappa shape index (κ2) is 5.79. The van der Waals surface area contributed by atoms with Gasteiger partial charge in [-0.2, -0.15) is 11.3 Å². The molecule has 1 N–H and O–H groups in total. The topological polar surface area (TPSA) is 49.4 Å². The standard InChI is InChI=1S/C16H24N2O2S/c1-10(8-12-6-7-21-9-12)18-11(2)14(19)17-13(15(18)20)16(3,4)5/h6-7,9-11,13H,8H2,1-5H3,(H,17,19). The van der Waals surface area contributed by atoms with Gasteiger partial charge in [0.25, 0.3) is 0 Å². The number of amides is 2. The van der Waals surface area contributed by atoms with Crippen molar-refractivity contribution in [3.8, 4) is 0 Å². The van der Waals surface area contributed by atoms with Gasteiger partial charge in [-0.25, -0.2) is 0 Å². The van der Waals surface area contributed by atoms with E-state index >= 15 is 0 Å². The van der Waals surface area contributed by atoms with E-state index in [0.29, 0.717) is 0 Å². The highest BCUT2D eigenvalue weighted by Gasteiger charge is 2.44. The lowest BCUT2D eigenvalue weighted by Crippen LogP contribution is -2.67. The summed E-state index contributed by atoms with van der Waals surface area (Å²) in [6.45, 7) is 9.76. The molecule has 0 aliphatic carbocycles. The molecule has 5 heteroatoms. The van der Waals surface area contributed by atoms with E-state index in [1.807, 2.05) is 33.1 Å². The van der Waals surface area contributed by atoms with Crippen LogP contribution in [0.2, 0.25) is 0 Å². The van der Waals surface area contributed by atoms with Gasteiger partial charge >= 0.3 is 0 Å². The van der Waals surface area contributed by atoms with E-state index in [-0.39, 0.29) is 23.3 Å². The second-order valence-electron chi connectivity index (χ2n) is 6.91. The Bertz CT molecular complexity index is 519. The molecule has 0 spiro atoms. The molecule has 1 saturated heterocycles. The summed E-state index contributed by atoms with van der Waals surface area (Å²) in [4.78, 5) is 26.8. The molecule has 0 saturated carbocycles. The lowest BCUT2D eigenvalue weighted by atomic mass is 9.83. The lowest BCUT2D eigenvalue weighted by molar-refractivity contribution is -0.154. The Morgan fingerprint density at radius 1 is 1.38 bits per heavy atom. The third kappa shape index (κ3) is 3.28. The van der Waals surface area contributed by atoms with E-state index in [1.165, 1.54) is 5.56 Å². The fraction of sp³-hybridized carbons (Fsp3) is 0.625. The molecule has 1 aromatic heterocycles. The lowest BCUT2D eigenvalue weighted by Gasteiger charge is -2.44. The van der Waals surface area contributed by atoms with Crippen LogP contribution in [0.25, 0.3) is 0 Å². The summed E-state index contributed by atoms with van der Waals surface area (Å²) in [5.41, 5.74) is 0.929. The van der Waals surface area contributed by atoms with Crippen LogP contribution in [0.1, 0.15) is 40.2 Å². The highest BCUT2D eigenvalue weighted by atomic mass is 32.1. The summed E-state index contributed by atoms with van der Waals surface area (Å²) in [5, 5.41) is 7.00. The van der Waals surface area contributed by atoms with Crippen molar-refractivity contribution in [3.05, 3.63) is 22.4 Å². The maximum atomic E-state index is 12.8. The van der Waals surface area contributed by atoms with Crippen LogP contribution >= 0.6 is 11.3 Å². The molecule has 2 heterocycles. The highest BCUT2D eigenvalue weighted by Crippen LogP contribution is 2.27. The minimum atomic E-state index is -0.453.